The third-order valence-electron chi connectivity index (χ3n) is 3.24. The van der Waals surface area contributed by atoms with Crippen LogP contribution in [-0.4, -0.2) is 0 Å². The van der Waals surface area contributed by atoms with Gasteiger partial charge in [-0.05, 0) is 35.3 Å². The summed E-state index contributed by atoms with van der Waals surface area (Å²) in [6, 6.07) is 17.3. The zero-order valence-electron chi connectivity index (χ0n) is 9.65. The van der Waals surface area contributed by atoms with Gasteiger partial charge in [0, 0.05) is 0 Å². The van der Waals surface area contributed by atoms with Crippen LogP contribution in [0.15, 0.2) is 48.5 Å². The molecule has 0 radical (unpaired) electrons. The van der Waals surface area contributed by atoms with Crippen LogP contribution in [-0.2, 0) is 0 Å². The number of alkyl halides is 1. The highest BCUT2D eigenvalue weighted by molar-refractivity contribution is 9.09. The minimum absolute atomic E-state index is 0.321. The molecule has 2 aromatic carbocycles. The minimum Gasteiger partial charge on any atom is -0.0786 e. The van der Waals surface area contributed by atoms with Crippen molar-refractivity contribution in [1.29, 1.82) is 0 Å². The number of hydrogen-bond donors (Lipinski definition) is 0. The summed E-state index contributed by atoms with van der Waals surface area (Å²) in [4.78, 5) is 0.321. The molecule has 0 nitrogen and oxygen atoms in total. The smallest absolute Gasteiger partial charge is 0.0656 e. The predicted molar refractivity (Wildman–Crippen MR) is 77.2 cm³/mol. The standard InChI is InChI=1S/C16H13Br/c1-11-6-8-12(9-7-11)15-10-13-4-2-3-5-14(13)16(15)17/h2-10,16H,1H3. The molecule has 0 saturated heterocycles. The van der Waals surface area contributed by atoms with Crippen molar-refractivity contribution in [2.24, 2.45) is 0 Å². The SMILES string of the molecule is Cc1ccc(C2=Cc3ccccc3C2Br)cc1. The quantitative estimate of drug-likeness (QED) is 0.648. The van der Waals surface area contributed by atoms with E-state index in [-0.39, 0.29) is 0 Å². The Morgan fingerprint density at radius 2 is 1.65 bits per heavy atom. The highest BCUT2D eigenvalue weighted by atomic mass is 79.9. The van der Waals surface area contributed by atoms with E-state index < -0.39 is 0 Å². The molecule has 0 N–H and O–H groups in total. The molecule has 84 valence electrons. The van der Waals surface area contributed by atoms with Crippen molar-refractivity contribution < 1.29 is 0 Å². The molecule has 1 atom stereocenters. The summed E-state index contributed by atoms with van der Waals surface area (Å²) in [5.74, 6) is 0. The van der Waals surface area contributed by atoms with Crippen LogP contribution in [0.25, 0.3) is 11.6 Å². The summed E-state index contributed by atoms with van der Waals surface area (Å²) in [5.41, 5.74) is 6.64. The molecule has 0 amide bonds. The maximum absolute atomic E-state index is 3.79. The number of allylic oxidation sites excluding steroid dienone is 1. The summed E-state index contributed by atoms with van der Waals surface area (Å²) in [7, 11) is 0. The van der Waals surface area contributed by atoms with Gasteiger partial charge in [0.15, 0.2) is 0 Å². The largest absolute Gasteiger partial charge is 0.0786 e. The summed E-state index contributed by atoms with van der Waals surface area (Å²) in [6.07, 6.45) is 2.28. The molecule has 0 fully saturated rings. The van der Waals surface area contributed by atoms with Crippen molar-refractivity contribution in [2.75, 3.05) is 0 Å². The Balaban J connectivity index is 2.05. The van der Waals surface area contributed by atoms with Crippen LogP contribution in [0.5, 0.6) is 0 Å². The summed E-state index contributed by atoms with van der Waals surface area (Å²) in [6.45, 7) is 2.12. The van der Waals surface area contributed by atoms with Crippen molar-refractivity contribution in [1.82, 2.24) is 0 Å². The number of halogens is 1. The molecule has 0 spiro atoms. The third kappa shape index (κ3) is 1.85. The molecular formula is C16H13Br. The van der Waals surface area contributed by atoms with Gasteiger partial charge in [-0.15, -0.1) is 0 Å². The third-order valence-corrected chi connectivity index (χ3v) is 4.22. The first-order chi connectivity index (χ1) is 8.25. The summed E-state index contributed by atoms with van der Waals surface area (Å²) >= 11 is 3.79. The zero-order valence-corrected chi connectivity index (χ0v) is 11.2. The van der Waals surface area contributed by atoms with Gasteiger partial charge >= 0.3 is 0 Å². The number of aryl methyl sites for hydroxylation is 1. The van der Waals surface area contributed by atoms with Crippen LogP contribution >= 0.6 is 15.9 Å². The first kappa shape index (κ1) is 10.8. The van der Waals surface area contributed by atoms with E-state index in [0.717, 1.165) is 0 Å². The Labute approximate surface area is 110 Å². The van der Waals surface area contributed by atoms with Gasteiger partial charge in [-0.3, -0.25) is 0 Å². The van der Waals surface area contributed by atoms with Crippen LogP contribution in [0.3, 0.4) is 0 Å². The molecule has 0 aliphatic heterocycles. The fraction of sp³-hybridized carbons (Fsp3) is 0.125. The molecule has 17 heavy (non-hydrogen) atoms. The highest BCUT2D eigenvalue weighted by Crippen LogP contribution is 2.45. The van der Waals surface area contributed by atoms with E-state index in [1.807, 2.05) is 0 Å². The fourth-order valence-corrected chi connectivity index (χ4v) is 3.07. The van der Waals surface area contributed by atoms with Gasteiger partial charge < -0.3 is 0 Å². The molecule has 1 aliphatic rings. The lowest BCUT2D eigenvalue weighted by molar-refractivity contribution is 1.30. The fourth-order valence-electron chi connectivity index (χ4n) is 2.26. The van der Waals surface area contributed by atoms with Crippen molar-refractivity contribution >= 4 is 27.6 Å². The van der Waals surface area contributed by atoms with Crippen LogP contribution < -0.4 is 0 Å². The summed E-state index contributed by atoms with van der Waals surface area (Å²) < 4.78 is 0. The average Bonchev–Trinajstić information content (AvgIpc) is 2.69. The summed E-state index contributed by atoms with van der Waals surface area (Å²) in [5, 5.41) is 0. The first-order valence-corrected chi connectivity index (χ1v) is 6.69. The molecule has 2 aromatic rings. The van der Waals surface area contributed by atoms with Gasteiger partial charge in [-0.2, -0.15) is 0 Å². The topological polar surface area (TPSA) is 0 Å². The van der Waals surface area contributed by atoms with Crippen molar-refractivity contribution in [3.63, 3.8) is 0 Å². The Morgan fingerprint density at radius 3 is 2.35 bits per heavy atom. The molecule has 0 aromatic heterocycles. The molecule has 0 heterocycles. The number of hydrogen-bond acceptors (Lipinski definition) is 0. The second-order valence-corrected chi connectivity index (χ2v) is 5.37. The monoisotopic (exact) mass is 284 g/mol. The number of fused-ring (bicyclic) bond motifs is 1. The maximum atomic E-state index is 3.79. The van der Waals surface area contributed by atoms with Crippen LogP contribution in [0.1, 0.15) is 27.1 Å². The van der Waals surface area contributed by atoms with E-state index in [9.17, 15) is 0 Å². The van der Waals surface area contributed by atoms with Crippen LogP contribution in [0.4, 0.5) is 0 Å². The van der Waals surface area contributed by atoms with E-state index in [1.54, 1.807) is 0 Å². The molecule has 0 bridgehead atoms. The van der Waals surface area contributed by atoms with Crippen molar-refractivity contribution in [2.45, 2.75) is 11.8 Å². The maximum Gasteiger partial charge on any atom is 0.0656 e. The number of benzene rings is 2. The Bertz CT molecular complexity index is 579. The molecule has 3 rings (SSSR count). The molecule has 0 saturated carbocycles. The van der Waals surface area contributed by atoms with E-state index in [1.165, 1.54) is 27.8 Å². The van der Waals surface area contributed by atoms with Gasteiger partial charge in [0.2, 0.25) is 0 Å². The highest BCUT2D eigenvalue weighted by Gasteiger charge is 2.22. The second kappa shape index (κ2) is 4.15. The number of rotatable bonds is 1. The zero-order chi connectivity index (χ0) is 11.8. The van der Waals surface area contributed by atoms with Crippen molar-refractivity contribution in [3.05, 3.63) is 70.8 Å². The Hall–Kier alpha value is -1.34. The molecule has 1 unspecified atom stereocenters. The lowest BCUT2D eigenvalue weighted by atomic mass is 10.0. The van der Waals surface area contributed by atoms with E-state index in [4.69, 9.17) is 0 Å². The van der Waals surface area contributed by atoms with E-state index in [2.05, 4.69) is 77.5 Å². The average molecular weight is 285 g/mol. The minimum atomic E-state index is 0.321. The van der Waals surface area contributed by atoms with Crippen LogP contribution in [0.2, 0.25) is 0 Å². The van der Waals surface area contributed by atoms with Gasteiger partial charge in [-0.1, -0.05) is 70.0 Å². The van der Waals surface area contributed by atoms with Crippen molar-refractivity contribution in [3.8, 4) is 0 Å². The Morgan fingerprint density at radius 1 is 0.941 bits per heavy atom. The van der Waals surface area contributed by atoms with Gasteiger partial charge in [0.25, 0.3) is 0 Å². The lowest BCUT2D eigenvalue weighted by Crippen LogP contribution is -1.89. The molecule has 1 aliphatic carbocycles. The lowest BCUT2D eigenvalue weighted by Gasteiger charge is -2.09. The van der Waals surface area contributed by atoms with Crippen LogP contribution in [0, 0.1) is 6.92 Å². The van der Waals surface area contributed by atoms with E-state index >= 15 is 0 Å². The predicted octanol–water partition coefficient (Wildman–Crippen LogP) is 4.99. The van der Waals surface area contributed by atoms with Gasteiger partial charge in [0.1, 0.15) is 0 Å². The second-order valence-electron chi connectivity index (χ2n) is 4.46. The normalized spacial score (nSPS) is 17.8. The Kier molecular flexibility index (Phi) is 2.64. The van der Waals surface area contributed by atoms with Gasteiger partial charge in [0.05, 0.1) is 4.83 Å². The van der Waals surface area contributed by atoms with E-state index in [0.29, 0.717) is 4.83 Å². The molecule has 1 heteroatoms. The molecular weight excluding hydrogens is 272 g/mol. The van der Waals surface area contributed by atoms with Gasteiger partial charge in [-0.25, -0.2) is 0 Å². The first-order valence-electron chi connectivity index (χ1n) is 5.77.